The molecule has 0 aliphatic heterocycles. The summed E-state index contributed by atoms with van der Waals surface area (Å²) in [5, 5.41) is 10.3. The van der Waals surface area contributed by atoms with Crippen molar-refractivity contribution in [3.63, 3.8) is 0 Å². The summed E-state index contributed by atoms with van der Waals surface area (Å²) in [6.45, 7) is 0. The topological polar surface area (TPSA) is 9.86 Å². The summed E-state index contributed by atoms with van der Waals surface area (Å²) in [5.41, 5.74) is 16.3. The number of hydrogen-bond acceptors (Lipinski definition) is 0. The summed E-state index contributed by atoms with van der Waals surface area (Å²) >= 11 is 0. The molecule has 4 bridgehead atoms. The molecule has 1 spiro atoms. The third-order valence-corrected chi connectivity index (χ3v) is 16.5. The third kappa shape index (κ3) is 4.30. The van der Waals surface area contributed by atoms with Gasteiger partial charge >= 0.3 is 0 Å². The zero-order valence-corrected chi connectivity index (χ0v) is 34.6. The summed E-state index contributed by atoms with van der Waals surface area (Å²) in [6.07, 6.45) is 7.07. The highest BCUT2D eigenvalue weighted by Crippen LogP contribution is 2.69. The second-order valence-electron chi connectivity index (χ2n) is 19.3. The van der Waals surface area contributed by atoms with Crippen LogP contribution in [0.4, 0.5) is 0 Å². The lowest BCUT2D eigenvalue weighted by Crippen LogP contribution is -2.55. The van der Waals surface area contributed by atoms with Gasteiger partial charge in [0.2, 0.25) is 0 Å². The Balaban J connectivity index is 0.900. The molecule has 11 aromatic rings. The maximum absolute atomic E-state index is 2.64. The molecular formula is C60H44N2. The Bertz CT molecular complexity index is 3700. The number of rotatable bonds is 3. The van der Waals surface area contributed by atoms with E-state index in [0.717, 1.165) is 23.7 Å². The highest BCUT2D eigenvalue weighted by Gasteiger charge is 2.61. The SMILES string of the molecule is c1ccc2c(c1)-c1ccc(-n3c4ccccc4c4cc(-c5ccc6c(c5)c5ccccc5n6-c5cc6ccccc6c6ccccc56)ccc43)cc1C21C2CC3CC(C2)CC1C3. The van der Waals surface area contributed by atoms with Gasteiger partial charge in [0, 0.05) is 38.0 Å². The van der Waals surface area contributed by atoms with Crippen LogP contribution in [0.3, 0.4) is 0 Å². The van der Waals surface area contributed by atoms with Crippen molar-refractivity contribution in [2.24, 2.45) is 23.7 Å². The average molecular weight is 793 g/mol. The number of para-hydroxylation sites is 2. The lowest BCUT2D eigenvalue weighted by molar-refractivity contribution is -0.0399. The summed E-state index contributed by atoms with van der Waals surface area (Å²) in [7, 11) is 0. The standard InChI is InChI=1S/C60H44N2/c1-2-12-44-40(11-1)34-59(48-15-4-3-13-45(44)48)62-56-20-10-7-17-50(56)52-33-39(22-26-58(52)62)38-21-25-57-51(32-38)49-16-6-9-19-55(49)61(57)43-23-24-47-46-14-5-8-18-53(46)60(54(47)35-43)41-28-36-27-37(30-41)31-42(60)29-36/h1-26,32-37,41-42H,27-31H2. The van der Waals surface area contributed by atoms with E-state index in [-0.39, 0.29) is 5.41 Å². The number of hydrogen-bond donors (Lipinski definition) is 0. The van der Waals surface area contributed by atoms with Crippen LogP contribution in [0.25, 0.3) is 98.8 Å². The first-order valence-electron chi connectivity index (χ1n) is 22.9. The van der Waals surface area contributed by atoms with Crippen molar-refractivity contribution < 1.29 is 0 Å². The molecule has 4 saturated carbocycles. The fourth-order valence-electron chi connectivity index (χ4n) is 14.3. The molecule has 2 heterocycles. The first kappa shape index (κ1) is 33.8. The number of benzene rings is 9. The Kier molecular flexibility index (Phi) is 6.61. The molecule has 294 valence electrons. The van der Waals surface area contributed by atoms with Crippen molar-refractivity contribution in [3.8, 4) is 33.6 Å². The van der Waals surface area contributed by atoms with E-state index in [1.165, 1.54) is 131 Å². The van der Waals surface area contributed by atoms with Crippen LogP contribution < -0.4 is 0 Å². The van der Waals surface area contributed by atoms with Crippen LogP contribution in [0.5, 0.6) is 0 Å². The van der Waals surface area contributed by atoms with E-state index in [0.29, 0.717) is 0 Å². The molecule has 0 amide bonds. The van der Waals surface area contributed by atoms with Crippen LogP contribution in [0, 0.1) is 23.7 Å². The normalized spacial score (nSPS) is 22.3. The molecule has 2 aromatic heterocycles. The Labute approximate surface area is 360 Å². The van der Waals surface area contributed by atoms with Crippen molar-refractivity contribution in [1.82, 2.24) is 9.13 Å². The third-order valence-electron chi connectivity index (χ3n) is 16.5. The summed E-state index contributed by atoms with van der Waals surface area (Å²) in [5.74, 6) is 3.35. The van der Waals surface area contributed by atoms with Crippen LogP contribution in [0.2, 0.25) is 0 Å². The van der Waals surface area contributed by atoms with Crippen LogP contribution in [-0.2, 0) is 5.41 Å². The Morgan fingerprint density at radius 2 is 0.887 bits per heavy atom. The quantitative estimate of drug-likeness (QED) is 0.158. The van der Waals surface area contributed by atoms with Crippen LogP contribution in [0.1, 0.15) is 43.2 Å². The van der Waals surface area contributed by atoms with Crippen LogP contribution >= 0.6 is 0 Å². The predicted molar refractivity (Wildman–Crippen MR) is 259 cm³/mol. The number of aromatic nitrogens is 2. The number of nitrogens with zero attached hydrogens (tertiary/aromatic N) is 2. The predicted octanol–water partition coefficient (Wildman–Crippen LogP) is 15.6. The number of fused-ring (bicyclic) bond motifs is 12. The molecule has 2 nitrogen and oxygen atoms in total. The van der Waals surface area contributed by atoms with Crippen LogP contribution in [-0.4, -0.2) is 9.13 Å². The molecule has 4 fully saturated rings. The second-order valence-corrected chi connectivity index (χ2v) is 19.3. The van der Waals surface area contributed by atoms with Crippen molar-refractivity contribution >= 4 is 65.2 Å². The molecule has 5 aliphatic carbocycles. The Morgan fingerprint density at radius 3 is 1.60 bits per heavy atom. The van der Waals surface area contributed by atoms with Crippen molar-refractivity contribution in [3.05, 3.63) is 193 Å². The molecule has 9 aromatic carbocycles. The van der Waals surface area contributed by atoms with E-state index in [9.17, 15) is 0 Å². The van der Waals surface area contributed by atoms with E-state index in [1.54, 1.807) is 11.1 Å². The Morgan fingerprint density at radius 1 is 0.355 bits per heavy atom. The lowest BCUT2D eigenvalue weighted by atomic mass is 9.43. The summed E-state index contributed by atoms with van der Waals surface area (Å²) < 4.78 is 5.05. The van der Waals surface area contributed by atoms with E-state index >= 15 is 0 Å². The molecule has 0 radical (unpaired) electrons. The van der Waals surface area contributed by atoms with Crippen molar-refractivity contribution in [2.45, 2.75) is 37.5 Å². The molecule has 62 heavy (non-hydrogen) atoms. The van der Waals surface area contributed by atoms with Gasteiger partial charge in [-0.15, -0.1) is 0 Å². The summed E-state index contributed by atoms with van der Waals surface area (Å²) in [6, 6.07) is 69.4. The molecular weight excluding hydrogens is 749 g/mol. The van der Waals surface area contributed by atoms with Crippen molar-refractivity contribution in [1.29, 1.82) is 0 Å². The van der Waals surface area contributed by atoms with Gasteiger partial charge in [0.05, 0.1) is 27.8 Å². The minimum absolute atomic E-state index is 0.143. The maximum Gasteiger partial charge on any atom is 0.0546 e. The van der Waals surface area contributed by atoms with Gasteiger partial charge in [0.25, 0.3) is 0 Å². The van der Waals surface area contributed by atoms with Gasteiger partial charge < -0.3 is 9.13 Å². The van der Waals surface area contributed by atoms with E-state index < -0.39 is 0 Å². The zero-order chi connectivity index (χ0) is 40.3. The fourth-order valence-corrected chi connectivity index (χ4v) is 14.3. The lowest BCUT2D eigenvalue weighted by Gasteiger charge is -2.61. The van der Waals surface area contributed by atoms with E-state index in [2.05, 4.69) is 191 Å². The first-order chi connectivity index (χ1) is 30.7. The first-order valence-corrected chi connectivity index (χ1v) is 22.9. The average Bonchev–Trinajstić information content (AvgIpc) is 3.94. The second kappa shape index (κ2) is 12.1. The van der Waals surface area contributed by atoms with Gasteiger partial charge in [-0.2, -0.15) is 0 Å². The highest BCUT2D eigenvalue weighted by atomic mass is 15.0. The van der Waals surface area contributed by atoms with Crippen molar-refractivity contribution in [2.75, 3.05) is 0 Å². The maximum atomic E-state index is 2.64. The minimum Gasteiger partial charge on any atom is -0.309 e. The molecule has 0 atom stereocenters. The van der Waals surface area contributed by atoms with E-state index in [1.807, 2.05) is 0 Å². The van der Waals surface area contributed by atoms with E-state index in [4.69, 9.17) is 0 Å². The molecule has 0 saturated heterocycles. The van der Waals surface area contributed by atoms with Gasteiger partial charge in [-0.1, -0.05) is 127 Å². The molecule has 5 aliphatic rings. The van der Waals surface area contributed by atoms with Gasteiger partial charge in [-0.05, 0) is 160 Å². The fraction of sp³-hybridized carbons (Fsp3) is 0.167. The van der Waals surface area contributed by atoms with Gasteiger partial charge in [0.1, 0.15) is 0 Å². The van der Waals surface area contributed by atoms with Gasteiger partial charge in [-0.3, -0.25) is 0 Å². The van der Waals surface area contributed by atoms with Gasteiger partial charge in [-0.25, -0.2) is 0 Å². The molecule has 0 unspecified atom stereocenters. The largest absolute Gasteiger partial charge is 0.309 e. The molecule has 16 rings (SSSR count). The highest BCUT2D eigenvalue weighted by molar-refractivity contribution is 6.16. The minimum atomic E-state index is 0.143. The molecule has 2 heteroatoms. The molecule has 0 N–H and O–H groups in total. The van der Waals surface area contributed by atoms with Crippen LogP contribution in [0.15, 0.2) is 182 Å². The Hall–Kier alpha value is -6.90. The zero-order valence-electron chi connectivity index (χ0n) is 34.6. The monoisotopic (exact) mass is 792 g/mol. The summed E-state index contributed by atoms with van der Waals surface area (Å²) in [4.78, 5) is 0. The van der Waals surface area contributed by atoms with Gasteiger partial charge in [0.15, 0.2) is 0 Å². The smallest absolute Gasteiger partial charge is 0.0546 e.